The summed E-state index contributed by atoms with van der Waals surface area (Å²) in [6.07, 6.45) is 0. The highest BCUT2D eigenvalue weighted by molar-refractivity contribution is 5.80. The number of aliphatic imine (C=N–C) groups is 1. The number of benzene rings is 1. The van der Waals surface area contributed by atoms with Gasteiger partial charge in [0.1, 0.15) is 0 Å². The van der Waals surface area contributed by atoms with Gasteiger partial charge in [-0.05, 0) is 30.5 Å². The van der Waals surface area contributed by atoms with E-state index in [0.717, 1.165) is 50.8 Å². The minimum atomic E-state index is -0.316. The molecule has 1 aliphatic heterocycles. The Labute approximate surface area is 155 Å². The minimum Gasteiger partial charge on any atom is -0.494 e. The standard InChI is InChI=1S/C19H31FN4O2/c1-4-21-19(22-12-15(2)14-25)24-9-7-23(8-10-24)13-16-5-6-18(26-3)17(20)11-16/h5-6,11,15,25H,4,7-10,12-14H2,1-3H3,(H,21,22). The highest BCUT2D eigenvalue weighted by Crippen LogP contribution is 2.19. The number of methoxy groups -OCH3 is 1. The molecule has 1 heterocycles. The molecule has 0 aromatic heterocycles. The monoisotopic (exact) mass is 366 g/mol. The lowest BCUT2D eigenvalue weighted by molar-refractivity contribution is 0.172. The molecule has 1 fully saturated rings. The van der Waals surface area contributed by atoms with Crippen LogP contribution in [0, 0.1) is 11.7 Å². The number of nitrogens with one attached hydrogen (secondary N) is 1. The van der Waals surface area contributed by atoms with E-state index in [4.69, 9.17) is 4.74 Å². The number of rotatable bonds is 7. The summed E-state index contributed by atoms with van der Waals surface area (Å²) in [6.45, 7) is 9.89. The fourth-order valence-electron chi connectivity index (χ4n) is 2.91. The van der Waals surface area contributed by atoms with Gasteiger partial charge in [-0.25, -0.2) is 4.39 Å². The Kier molecular flexibility index (Phi) is 8.12. The van der Waals surface area contributed by atoms with Gasteiger partial charge in [0.05, 0.1) is 7.11 Å². The first-order valence-electron chi connectivity index (χ1n) is 9.26. The van der Waals surface area contributed by atoms with Crippen molar-refractivity contribution < 1.29 is 14.2 Å². The molecular formula is C19H31FN4O2. The second-order valence-corrected chi connectivity index (χ2v) is 6.71. The lowest BCUT2D eigenvalue weighted by Crippen LogP contribution is -2.52. The lowest BCUT2D eigenvalue weighted by atomic mass is 10.2. The van der Waals surface area contributed by atoms with Gasteiger partial charge >= 0.3 is 0 Å². The van der Waals surface area contributed by atoms with Crippen molar-refractivity contribution in [3.63, 3.8) is 0 Å². The molecule has 0 radical (unpaired) electrons. The van der Waals surface area contributed by atoms with Crippen molar-refractivity contribution in [2.24, 2.45) is 10.9 Å². The summed E-state index contributed by atoms with van der Waals surface area (Å²) in [5.41, 5.74) is 0.953. The minimum absolute atomic E-state index is 0.148. The van der Waals surface area contributed by atoms with Crippen LogP contribution >= 0.6 is 0 Å². The number of nitrogens with zero attached hydrogens (tertiary/aromatic N) is 3. The smallest absolute Gasteiger partial charge is 0.194 e. The number of halogens is 1. The number of hydrogen-bond acceptors (Lipinski definition) is 4. The Morgan fingerprint density at radius 2 is 2.08 bits per heavy atom. The first-order valence-corrected chi connectivity index (χ1v) is 9.26. The summed E-state index contributed by atoms with van der Waals surface area (Å²) >= 11 is 0. The molecule has 1 atom stereocenters. The topological polar surface area (TPSA) is 60.3 Å². The van der Waals surface area contributed by atoms with Crippen molar-refractivity contribution in [1.29, 1.82) is 0 Å². The van der Waals surface area contributed by atoms with Crippen LogP contribution in [0.25, 0.3) is 0 Å². The van der Waals surface area contributed by atoms with Gasteiger partial charge in [-0.3, -0.25) is 9.89 Å². The maximum atomic E-state index is 13.8. The fourth-order valence-corrected chi connectivity index (χ4v) is 2.91. The third-order valence-electron chi connectivity index (χ3n) is 4.49. The van der Waals surface area contributed by atoms with E-state index in [1.165, 1.54) is 7.11 Å². The number of aliphatic hydroxyl groups excluding tert-OH is 1. The maximum absolute atomic E-state index is 13.8. The van der Waals surface area contributed by atoms with Crippen LogP contribution < -0.4 is 10.1 Å². The summed E-state index contributed by atoms with van der Waals surface area (Å²) in [5.74, 6) is 1.03. The van der Waals surface area contributed by atoms with Gasteiger partial charge in [-0.2, -0.15) is 0 Å². The molecule has 7 heteroatoms. The zero-order chi connectivity index (χ0) is 18.9. The van der Waals surface area contributed by atoms with Gasteiger partial charge in [-0.1, -0.05) is 13.0 Å². The summed E-state index contributed by atoms with van der Waals surface area (Å²) in [5, 5.41) is 12.5. The normalized spacial score (nSPS) is 17.3. The molecule has 6 nitrogen and oxygen atoms in total. The predicted molar refractivity (Wildman–Crippen MR) is 102 cm³/mol. The van der Waals surface area contributed by atoms with E-state index in [9.17, 15) is 9.50 Å². The van der Waals surface area contributed by atoms with Crippen LogP contribution in [0.15, 0.2) is 23.2 Å². The van der Waals surface area contributed by atoms with Gasteiger partial charge in [0.2, 0.25) is 0 Å². The zero-order valence-electron chi connectivity index (χ0n) is 16.0. The third kappa shape index (κ3) is 5.85. The molecular weight excluding hydrogens is 335 g/mol. The van der Waals surface area contributed by atoms with Crippen LogP contribution in [0.5, 0.6) is 5.75 Å². The maximum Gasteiger partial charge on any atom is 0.194 e. The van der Waals surface area contributed by atoms with Gasteiger partial charge in [-0.15, -0.1) is 0 Å². The molecule has 1 aromatic rings. The van der Waals surface area contributed by atoms with E-state index in [1.54, 1.807) is 12.1 Å². The molecule has 0 bridgehead atoms. The highest BCUT2D eigenvalue weighted by atomic mass is 19.1. The Balaban J connectivity index is 1.89. The van der Waals surface area contributed by atoms with Crippen molar-refractivity contribution in [2.75, 3.05) is 53.0 Å². The summed E-state index contributed by atoms with van der Waals surface area (Å²) in [4.78, 5) is 9.20. The van der Waals surface area contributed by atoms with E-state index in [1.807, 2.05) is 13.0 Å². The lowest BCUT2D eigenvalue weighted by Gasteiger charge is -2.36. The number of piperazine rings is 1. The number of ether oxygens (including phenoxy) is 1. The van der Waals surface area contributed by atoms with Crippen LogP contribution in [-0.2, 0) is 6.54 Å². The van der Waals surface area contributed by atoms with Crippen LogP contribution in [0.4, 0.5) is 4.39 Å². The molecule has 0 amide bonds. The van der Waals surface area contributed by atoms with Gasteiger partial charge < -0.3 is 20.1 Å². The van der Waals surface area contributed by atoms with Crippen LogP contribution in [0.1, 0.15) is 19.4 Å². The number of guanidine groups is 1. The molecule has 0 spiro atoms. The first kappa shape index (κ1) is 20.5. The average molecular weight is 366 g/mol. The molecule has 2 rings (SSSR count). The predicted octanol–water partition coefficient (Wildman–Crippen LogP) is 1.55. The average Bonchev–Trinajstić information content (AvgIpc) is 2.65. The van der Waals surface area contributed by atoms with Gasteiger partial charge in [0.25, 0.3) is 0 Å². The largest absolute Gasteiger partial charge is 0.494 e. The van der Waals surface area contributed by atoms with Crippen molar-refractivity contribution in [3.05, 3.63) is 29.6 Å². The second kappa shape index (κ2) is 10.3. The molecule has 1 unspecified atom stereocenters. The summed E-state index contributed by atoms with van der Waals surface area (Å²) in [7, 11) is 1.47. The summed E-state index contributed by atoms with van der Waals surface area (Å²) < 4.78 is 18.8. The van der Waals surface area contributed by atoms with Crippen molar-refractivity contribution in [1.82, 2.24) is 15.1 Å². The Hall–Kier alpha value is -1.86. The fraction of sp³-hybridized carbons (Fsp3) is 0.632. The highest BCUT2D eigenvalue weighted by Gasteiger charge is 2.20. The van der Waals surface area contributed by atoms with Crippen LogP contribution in [0.3, 0.4) is 0 Å². The second-order valence-electron chi connectivity index (χ2n) is 6.71. The van der Waals surface area contributed by atoms with E-state index < -0.39 is 0 Å². The van der Waals surface area contributed by atoms with E-state index >= 15 is 0 Å². The Morgan fingerprint density at radius 3 is 2.65 bits per heavy atom. The van der Waals surface area contributed by atoms with Gasteiger partial charge in [0, 0.05) is 52.4 Å². The molecule has 1 saturated heterocycles. The van der Waals surface area contributed by atoms with Crippen molar-refractivity contribution in [3.8, 4) is 5.75 Å². The van der Waals surface area contributed by atoms with Crippen molar-refractivity contribution >= 4 is 5.96 Å². The van der Waals surface area contributed by atoms with Crippen LogP contribution in [-0.4, -0.2) is 73.9 Å². The van der Waals surface area contributed by atoms with Gasteiger partial charge in [0.15, 0.2) is 17.5 Å². The van der Waals surface area contributed by atoms with E-state index in [-0.39, 0.29) is 24.1 Å². The Bertz CT molecular complexity index is 589. The SMILES string of the molecule is CCNC(=NCC(C)CO)N1CCN(Cc2ccc(OC)c(F)c2)CC1. The molecule has 0 saturated carbocycles. The van der Waals surface area contributed by atoms with Crippen molar-refractivity contribution in [2.45, 2.75) is 20.4 Å². The molecule has 26 heavy (non-hydrogen) atoms. The Morgan fingerprint density at radius 1 is 1.35 bits per heavy atom. The molecule has 1 aromatic carbocycles. The summed E-state index contributed by atoms with van der Waals surface area (Å²) in [6, 6.07) is 5.14. The number of aliphatic hydroxyl groups is 1. The molecule has 2 N–H and O–H groups in total. The molecule has 146 valence electrons. The van der Waals surface area contributed by atoms with E-state index in [2.05, 4.69) is 27.0 Å². The third-order valence-corrected chi connectivity index (χ3v) is 4.49. The quantitative estimate of drug-likeness (QED) is 0.566. The first-order chi connectivity index (χ1) is 12.6. The van der Waals surface area contributed by atoms with E-state index in [0.29, 0.717) is 6.54 Å². The molecule has 0 aliphatic carbocycles. The molecule has 1 aliphatic rings. The number of hydrogen-bond donors (Lipinski definition) is 2. The van der Waals surface area contributed by atoms with Crippen LogP contribution in [0.2, 0.25) is 0 Å². The zero-order valence-corrected chi connectivity index (χ0v) is 16.0.